The van der Waals surface area contributed by atoms with Crippen LogP contribution in [-0.4, -0.2) is 60.5 Å². The number of benzene rings is 1. The van der Waals surface area contributed by atoms with Crippen molar-refractivity contribution in [2.75, 3.05) is 38.0 Å². The summed E-state index contributed by atoms with van der Waals surface area (Å²) in [6.07, 6.45) is 0. The highest BCUT2D eigenvalue weighted by atomic mass is 35.5. The molecule has 0 aliphatic carbocycles. The predicted molar refractivity (Wildman–Crippen MR) is 80.4 cm³/mol. The Labute approximate surface area is 128 Å². The van der Waals surface area contributed by atoms with Gasteiger partial charge in [0, 0.05) is 36.9 Å². The molecule has 0 bridgehead atoms. The summed E-state index contributed by atoms with van der Waals surface area (Å²) in [5.41, 5.74) is 0.676. The molecule has 1 atom stereocenters. The molecule has 0 aromatic heterocycles. The number of piperazine rings is 1. The molecular weight excluding hydrogens is 292 g/mol. The zero-order valence-corrected chi connectivity index (χ0v) is 12.3. The lowest BCUT2D eigenvalue weighted by molar-refractivity contribution is -0.116. The van der Waals surface area contributed by atoms with Crippen LogP contribution in [0.3, 0.4) is 0 Å². The first kappa shape index (κ1) is 14.2. The third kappa shape index (κ3) is 3.11. The monoisotopic (exact) mass is 308 g/mol. The Kier molecular flexibility index (Phi) is 3.98. The van der Waals surface area contributed by atoms with Gasteiger partial charge in [-0.3, -0.25) is 4.79 Å². The second-order valence-corrected chi connectivity index (χ2v) is 5.71. The van der Waals surface area contributed by atoms with Gasteiger partial charge in [0.2, 0.25) is 5.91 Å². The molecule has 21 heavy (non-hydrogen) atoms. The molecule has 6 nitrogen and oxygen atoms in total. The molecule has 1 aromatic carbocycles. The number of anilines is 1. The number of amides is 3. The van der Waals surface area contributed by atoms with E-state index in [4.69, 9.17) is 11.6 Å². The van der Waals surface area contributed by atoms with Crippen molar-refractivity contribution in [3.8, 4) is 0 Å². The number of hydrogen-bond acceptors (Lipinski definition) is 3. The van der Waals surface area contributed by atoms with Gasteiger partial charge in [-0.25, -0.2) is 4.79 Å². The fourth-order valence-electron chi connectivity index (χ4n) is 2.73. The highest BCUT2D eigenvalue weighted by molar-refractivity contribution is 6.30. The Morgan fingerprint density at radius 1 is 1.38 bits per heavy atom. The van der Waals surface area contributed by atoms with E-state index in [9.17, 15) is 9.59 Å². The van der Waals surface area contributed by atoms with Crippen LogP contribution in [0.25, 0.3) is 0 Å². The van der Waals surface area contributed by atoms with Gasteiger partial charge >= 0.3 is 6.03 Å². The van der Waals surface area contributed by atoms with E-state index in [-0.39, 0.29) is 24.5 Å². The largest absolute Gasteiger partial charge is 0.325 e. The molecule has 2 N–H and O–H groups in total. The van der Waals surface area contributed by atoms with E-state index in [1.165, 1.54) is 0 Å². The van der Waals surface area contributed by atoms with Gasteiger partial charge in [0.1, 0.15) is 6.54 Å². The summed E-state index contributed by atoms with van der Waals surface area (Å²) in [7, 11) is 0. The molecule has 2 saturated heterocycles. The first-order valence-corrected chi connectivity index (χ1v) is 7.33. The third-order valence-electron chi connectivity index (χ3n) is 3.76. The topological polar surface area (TPSA) is 64.7 Å². The van der Waals surface area contributed by atoms with Crippen LogP contribution in [0.4, 0.5) is 10.5 Å². The molecule has 0 spiro atoms. The zero-order valence-electron chi connectivity index (χ0n) is 11.5. The summed E-state index contributed by atoms with van der Waals surface area (Å²) < 4.78 is 0. The molecule has 1 unspecified atom stereocenters. The van der Waals surface area contributed by atoms with Gasteiger partial charge < -0.3 is 20.4 Å². The van der Waals surface area contributed by atoms with Crippen molar-refractivity contribution in [3.05, 3.63) is 29.3 Å². The van der Waals surface area contributed by atoms with Gasteiger partial charge in [0.05, 0.1) is 6.04 Å². The number of carbonyl (C=O) groups excluding carboxylic acids is 2. The molecule has 112 valence electrons. The Morgan fingerprint density at radius 2 is 2.14 bits per heavy atom. The molecule has 2 fully saturated rings. The van der Waals surface area contributed by atoms with Gasteiger partial charge in [-0.05, 0) is 24.3 Å². The SMILES string of the molecule is O=C(CN1CC2CNCCN2C1=O)Nc1ccc(Cl)cc1. The number of hydrogen-bond donors (Lipinski definition) is 2. The lowest BCUT2D eigenvalue weighted by Gasteiger charge is -2.28. The highest BCUT2D eigenvalue weighted by Gasteiger charge is 2.38. The molecule has 7 heteroatoms. The molecule has 2 heterocycles. The van der Waals surface area contributed by atoms with Gasteiger partial charge in [0.15, 0.2) is 0 Å². The van der Waals surface area contributed by atoms with Gasteiger partial charge in [-0.1, -0.05) is 11.6 Å². The second-order valence-electron chi connectivity index (χ2n) is 5.27. The molecular formula is C14H17ClN4O2. The van der Waals surface area contributed by atoms with Gasteiger partial charge in [-0.15, -0.1) is 0 Å². The number of urea groups is 1. The number of carbonyl (C=O) groups is 2. The maximum absolute atomic E-state index is 12.2. The Hall–Kier alpha value is -1.79. The van der Waals surface area contributed by atoms with Crippen LogP contribution < -0.4 is 10.6 Å². The number of rotatable bonds is 3. The van der Waals surface area contributed by atoms with E-state index >= 15 is 0 Å². The normalized spacial score (nSPS) is 21.4. The number of fused-ring (bicyclic) bond motifs is 1. The van der Waals surface area contributed by atoms with E-state index in [0.29, 0.717) is 23.8 Å². The van der Waals surface area contributed by atoms with Crippen LogP contribution in [-0.2, 0) is 4.79 Å². The quantitative estimate of drug-likeness (QED) is 0.875. The van der Waals surface area contributed by atoms with E-state index in [1.54, 1.807) is 29.2 Å². The minimum absolute atomic E-state index is 0.0484. The summed E-state index contributed by atoms with van der Waals surface area (Å²) in [6, 6.07) is 7.02. The van der Waals surface area contributed by atoms with Crippen LogP contribution in [0.1, 0.15) is 0 Å². The third-order valence-corrected chi connectivity index (χ3v) is 4.01. The molecule has 0 radical (unpaired) electrons. The van der Waals surface area contributed by atoms with Crippen LogP contribution in [0, 0.1) is 0 Å². The van der Waals surface area contributed by atoms with Crippen molar-refractivity contribution in [2.45, 2.75) is 6.04 Å². The Morgan fingerprint density at radius 3 is 2.86 bits per heavy atom. The second kappa shape index (κ2) is 5.91. The van der Waals surface area contributed by atoms with Crippen LogP contribution in [0.15, 0.2) is 24.3 Å². The standard InChI is InChI=1S/C14H17ClN4O2/c15-10-1-3-11(4-2-10)17-13(20)9-18-8-12-7-16-5-6-19(12)14(18)21/h1-4,12,16H,5-9H2,(H,17,20). The van der Waals surface area contributed by atoms with E-state index < -0.39 is 0 Å². The Bertz CT molecular complexity index is 548. The maximum atomic E-state index is 12.2. The van der Waals surface area contributed by atoms with Crippen molar-refractivity contribution >= 4 is 29.2 Å². The van der Waals surface area contributed by atoms with Crippen molar-refractivity contribution in [1.29, 1.82) is 0 Å². The summed E-state index contributed by atoms with van der Waals surface area (Å²) in [6.45, 7) is 2.99. The smallest absolute Gasteiger partial charge is 0.320 e. The van der Waals surface area contributed by atoms with E-state index in [1.807, 2.05) is 4.90 Å². The first-order chi connectivity index (χ1) is 10.1. The average molecular weight is 309 g/mol. The van der Waals surface area contributed by atoms with Crippen molar-refractivity contribution < 1.29 is 9.59 Å². The summed E-state index contributed by atoms with van der Waals surface area (Å²) in [5, 5.41) is 6.65. The highest BCUT2D eigenvalue weighted by Crippen LogP contribution is 2.18. The minimum atomic E-state index is -0.196. The number of nitrogens with zero attached hydrogens (tertiary/aromatic N) is 2. The van der Waals surface area contributed by atoms with Gasteiger partial charge in [0.25, 0.3) is 0 Å². The summed E-state index contributed by atoms with van der Waals surface area (Å²) in [5.74, 6) is -0.196. The lowest BCUT2D eigenvalue weighted by Crippen LogP contribution is -2.49. The van der Waals surface area contributed by atoms with Gasteiger partial charge in [-0.2, -0.15) is 0 Å². The molecule has 0 saturated carbocycles. The van der Waals surface area contributed by atoms with Crippen LogP contribution in [0.5, 0.6) is 0 Å². The first-order valence-electron chi connectivity index (χ1n) is 6.95. The molecule has 1 aromatic rings. The fourth-order valence-corrected chi connectivity index (χ4v) is 2.86. The molecule has 3 amide bonds. The average Bonchev–Trinajstić information content (AvgIpc) is 2.78. The van der Waals surface area contributed by atoms with Crippen LogP contribution in [0.2, 0.25) is 5.02 Å². The van der Waals surface area contributed by atoms with E-state index in [0.717, 1.165) is 13.1 Å². The zero-order chi connectivity index (χ0) is 14.8. The number of halogens is 1. The maximum Gasteiger partial charge on any atom is 0.320 e. The molecule has 3 rings (SSSR count). The minimum Gasteiger partial charge on any atom is -0.325 e. The predicted octanol–water partition coefficient (Wildman–Crippen LogP) is 0.988. The summed E-state index contributed by atoms with van der Waals surface area (Å²) in [4.78, 5) is 27.7. The molecule has 2 aliphatic rings. The molecule has 2 aliphatic heterocycles. The fraction of sp³-hybridized carbons (Fsp3) is 0.429. The van der Waals surface area contributed by atoms with Crippen molar-refractivity contribution in [1.82, 2.24) is 15.1 Å². The lowest BCUT2D eigenvalue weighted by atomic mass is 10.2. The number of nitrogens with one attached hydrogen (secondary N) is 2. The Balaban J connectivity index is 1.57. The van der Waals surface area contributed by atoms with Crippen molar-refractivity contribution in [2.24, 2.45) is 0 Å². The summed E-state index contributed by atoms with van der Waals surface area (Å²) >= 11 is 5.80. The van der Waals surface area contributed by atoms with E-state index in [2.05, 4.69) is 10.6 Å². The van der Waals surface area contributed by atoms with Crippen molar-refractivity contribution in [3.63, 3.8) is 0 Å². The van der Waals surface area contributed by atoms with Crippen LogP contribution >= 0.6 is 11.6 Å².